The summed E-state index contributed by atoms with van der Waals surface area (Å²) in [5.74, 6) is 3.06. The molecule has 4 fully saturated rings. The highest BCUT2D eigenvalue weighted by Crippen LogP contribution is 2.66. The van der Waals surface area contributed by atoms with Crippen LogP contribution in [-0.4, -0.2) is 18.0 Å². The Kier molecular flexibility index (Phi) is 3.57. The highest BCUT2D eigenvalue weighted by atomic mass is 35.5. The molecule has 0 radical (unpaired) electrons. The van der Waals surface area contributed by atoms with Crippen molar-refractivity contribution in [1.82, 2.24) is 0 Å². The molecule has 25 heavy (non-hydrogen) atoms. The summed E-state index contributed by atoms with van der Waals surface area (Å²) < 4.78 is 0. The molecular weight excluding hydrogens is 336 g/mol. The van der Waals surface area contributed by atoms with Gasteiger partial charge in [-0.2, -0.15) is 0 Å². The maximum absolute atomic E-state index is 12.5. The fourth-order valence-electron chi connectivity index (χ4n) is 7.39. The minimum atomic E-state index is -0.384. The number of carbonyl (C=O) groups excluding carboxylic acids is 1. The minimum Gasteiger partial charge on any atom is -0.299 e. The first kappa shape index (κ1) is 16.8. The van der Waals surface area contributed by atoms with Gasteiger partial charge < -0.3 is 0 Å². The summed E-state index contributed by atoms with van der Waals surface area (Å²) in [7, 11) is 0. The van der Waals surface area contributed by atoms with E-state index in [9.17, 15) is 4.79 Å². The number of rotatable bonds is 0. The zero-order chi connectivity index (χ0) is 17.4. The number of ketones is 1. The Hall–Kier alpha value is -0.380. The van der Waals surface area contributed by atoms with Crippen LogP contribution in [0.15, 0.2) is 11.1 Å². The van der Waals surface area contributed by atoms with E-state index in [0.29, 0.717) is 36.1 Å². The van der Waals surface area contributed by atoms with E-state index >= 15 is 0 Å². The average Bonchev–Trinajstić information content (AvgIpc) is 3.16. The van der Waals surface area contributed by atoms with Crippen LogP contribution < -0.4 is 0 Å². The lowest BCUT2D eigenvalue weighted by molar-refractivity contribution is -0.305. The molecule has 0 bridgehead atoms. The summed E-state index contributed by atoms with van der Waals surface area (Å²) in [6.45, 7) is 5.32. The molecule has 1 spiro atoms. The number of allylic oxidation sites excluding steroid dienone is 1. The summed E-state index contributed by atoms with van der Waals surface area (Å²) >= 11 is 6.78. The van der Waals surface area contributed by atoms with Crippen LogP contribution in [0.2, 0.25) is 0 Å². The SMILES string of the molecule is C[C@]12C=C(Cl)C3(CCOO3)C[C@@H]1CC[C@@H]1[C@@H]2CC[C@]2(C)C(=O)CC[C@@H]12. The Morgan fingerprint density at radius 1 is 1.12 bits per heavy atom. The second-order valence-corrected chi connectivity index (χ2v) is 10.2. The number of Topliss-reactive ketones (excluding diaryl/α,β-unsaturated/α-hetero) is 1. The fraction of sp³-hybridized carbons (Fsp3) is 0.857. The van der Waals surface area contributed by atoms with E-state index in [1.54, 1.807) is 0 Å². The quantitative estimate of drug-likeness (QED) is 0.565. The predicted molar refractivity (Wildman–Crippen MR) is 95.8 cm³/mol. The average molecular weight is 365 g/mol. The summed E-state index contributed by atoms with van der Waals surface area (Å²) in [6, 6.07) is 0. The Balaban J connectivity index is 1.51. The normalized spacial score (nSPS) is 54.8. The van der Waals surface area contributed by atoms with Crippen molar-refractivity contribution in [3.8, 4) is 0 Å². The maximum atomic E-state index is 12.5. The molecule has 5 rings (SSSR count). The molecule has 1 saturated heterocycles. The van der Waals surface area contributed by atoms with Gasteiger partial charge in [-0.05, 0) is 67.6 Å². The number of fused-ring (bicyclic) bond motifs is 5. The third-order valence-electron chi connectivity index (χ3n) is 8.93. The summed E-state index contributed by atoms with van der Waals surface area (Å²) in [5.41, 5.74) is -0.286. The number of carbonyl (C=O) groups is 1. The smallest absolute Gasteiger partial charge is 0.141 e. The summed E-state index contributed by atoms with van der Waals surface area (Å²) in [6.07, 6.45) is 10.8. The second kappa shape index (κ2) is 5.33. The predicted octanol–water partition coefficient (Wildman–Crippen LogP) is 5.03. The highest BCUT2D eigenvalue weighted by Gasteiger charge is 2.61. The van der Waals surface area contributed by atoms with E-state index in [0.717, 1.165) is 37.1 Å². The molecule has 1 unspecified atom stereocenters. The third kappa shape index (κ3) is 2.09. The summed E-state index contributed by atoms with van der Waals surface area (Å²) in [4.78, 5) is 23.5. The van der Waals surface area contributed by atoms with E-state index in [1.165, 1.54) is 19.3 Å². The number of hydrogen-bond acceptors (Lipinski definition) is 3. The zero-order valence-corrected chi connectivity index (χ0v) is 16.1. The molecule has 0 amide bonds. The molecule has 5 aliphatic rings. The van der Waals surface area contributed by atoms with Crippen LogP contribution in [0, 0.1) is 34.5 Å². The zero-order valence-electron chi connectivity index (χ0n) is 15.4. The molecule has 138 valence electrons. The molecule has 0 aromatic rings. The van der Waals surface area contributed by atoms with Gasteiger partial charge in [0.15, 0.2) is 0 Å². The largest absolute Gasteiger partial charge is 0.299 e. The van der Waals surface area contributed by atoms with Crippen molar-refractivity contribution in [2.75, 3.05) is 6.61 Å². The lowest BCUT2D eigenvalue weighted by atomic mass is 9.45. The van der Waals surface area contributed by atoms with E-state index < -0.39 is 0 Å². The van der Waals surface area contributed by atoms with Gasteiger partial charge >= 0.3 is 0 Å². The molecular formula is C21H29ClO3. The van der Waals surface area contributed by atoms with Gasteiger partial charge in [0.25, 0.3) is 0 Å². The highest BCUT2D eigenvalue weighted by molar-refractivity contribution is 6.30. The van der Waals surface area contributed by atoms with Gasteiger partial charge in [0.1, 0.15) is 11.4 Å². The van der Waals surface area contributed by atoms with Crippen molar-refractivity contribution in [3.63, 3.8) is 0 Å². The molecule has 0 aromatic carbocycles. The summed E-state index contributed by atoms with van der Waals surface area (Å²) in [5, 5.41) is 0.861. The van der Waals surface area contributed by atoms with Gasteiger partial charge in [-0.1, -0.05) is 31.5 Å². The Morgan fingerprint density at radius 3 is 2.72 bits per heavy atom. The van der Waals surface area contributed by atoms with E-state index in [1.807, 2.05) is 0 Å². The van der Waals surface area contributed by atoms with Gasteiger partial charge in [0.2, 0.25) is 0 Å². The van der Waals surface area contributed by atoms with Crippen molar-refractivity contribution in [2.24, 2.45) is 34.5 Å². The van der Waals surface area contributed by atoms with Crippen LogP contribution >= 0.6 is 11.6 Å². The van der Waals surface area contributed by atoms with Crippen molar-refractivity contribution < 1.29 is 14.6 Å². The van der Waals surface area contributed by atoms with Crippen molar-refractivity contribution in [3.05, 3.63) is 11.1 Å². The first-order valence-corrected chi connectivity index (χ1v) is 10.5. The van der Waals surface area contributed by atoms with Gasteiger partial charge in [-0.25, -0.2) is 9.78 Å². The third-order valence-corrected chi connectivity index (χ3v) is 9.38. The molecule has 7 atom stereocenters. The second-order valence-electron chi connectivity index (χ2n) is 9.78. The molecule has 3 saturated carbocycles. The van der Waals surface area contributed by atoms with Gasteiger partial charge in [0.05, 0.1) is 6.61 Å². The lowest BCUT2D eigenvalue weighted by Crippen LogP contribution is -2.54. The van der Waals surface area contributed by atoms with Gasteiger partial charge in [-0.15, -0.1) is 0 Å². The van der Waals surface area contributed by atoms with Crippen LogP contribution in [0.25, 0.3) is 0 Å². The van der Waals surface area contributed by atoms with E-state index in [2.05, 4.69) is 19.9 Å². The Morgan fingerprint density at radius 2 is 1.96 bits per heavy atom. The van der Waals surface area contributed by atoms with Gasteiger partial charge in [-0.3, -0.25) is 4.79 Å². The first-order chi connectivity index (χ1) is 11.9. The molecule has 1 heterocycles. The van der Waals surface area contributed by atoms with Gasteiger partial charge in [0, 0.05) is 23.3 Å². The Labute approximate surface area is 155 Å². The fourth-order valence-corrected chi connectivity index (χ4v) is 7.82. The molecule has 3 nitrogen and oxygen atoms in total. The molecule has 4 aliphatic carbocycles. The lowest BCUT2D eigenvalue weighted by Gasteiger charge is -2.59. The standard InChI is InChI=1S/C21H29ClO3/c1-19-8-7-16-14(15(19)5-6-18(19)23)4-3-13-11-21(9-10-24-25-21)17(22)12-20(13,16)2/h12-16H,3-11H2,1-2H3/t13-,14-,15-,16-,19-,20-,21?/m0/s1. The van der Waals surface area contributed by atoms with Crippen molar-refractivity contribution >= 4 is 17.4 Å². The van der Waals surface area contributed by atoms with Crippen molar-refractivity contribution in [1.29, 1.82) is 0 Å². The first-order valence-electron chi connectivity index (χ1n) is 10.1. The van der Waals surface area contributed by atoms with E-state index in [-0.39, 0.29) is 16.4 Å². The molecule has 0 N–H and O–H groups in total. The topological polar surface area (TPSA) is 35.5 Å². The van der Waals surface area contributed by atoms with Crippen LogP contribution in [0.4, 0.5) is 0 Å². The van der Waals surface area contributed by atoms with Crippen LogP contribution in [-0.2, 0) is 14.6 Å². The maximum Gasteiger partial charge on any atom is 0.141 e. The molecule has 4 heteroatoms. The van der Waals surface area contributed by atoms with Crippen LogP contribution in [0.1, 0.15) is 65.2 Å². The van der Waals surface area contributed by atoms with Crippen LogP contribution in [0.5, 0.6) is 0 Å². The minimum absolute atomic E-state index is 0.0455. The van der Waals surface area contributed by atoms with E-state index in [4.69, 9.17) is 21.4 Å². The Bertz CT molecular complexity index is 637. The monoisotopic (exact) mass is 364 g/mol. The van der Waals surface area contributed by atoms with Crippen molar-refractivity contribution in [2.45, 2.75) is 70.8 Å². The number of halogens is 1. The van der Waals surface area contributed by atoms with Crippen LogP contribution in [0.3, 0.4) is 0 Å². The molecule has 1 aliphatic heterocycles. The molecule has 0 aromatic heterocycles. The number of hydrogen-bond donors (Lipinski definition) is 0.